The van der Waals surface area contributed by atoms with Gasteiger partial charge in [-0.25, -0.2) is 4.98 Å². The smallest absolute Gasteiger partial charge is 0.255 e. The topological polar surface area (TPSA) is 36.4 Å². The van der Waals surface area contributed by atoms with Crippen molar-refractivity contribution in [3.8, 4) is 0 Å². The van der Waals surface area contributed by atoms with Crippen molar-refractivity contribution in [1.82, 2.24) is 14.8 Å². The van der Waals surface area contributed by atoms with Crippen LogP contribution in [0.15, 0.2) is 18.3 Å². The van der Waals surface area contributed by atoms with Crippen LogP contribution in [-0.4, -0.2) is 53.4 Å². The van der Waals surface area contributed by atoms with Crippen molar-refractivity contribution in [3.05, 3.63) is 29.8 Å². The quantitative estimate of drug-likeness (QED) is 0.793. The average Bonchev–Trinajstić information content (AvgIpc) is 2.48. The highest BCUT2D eigenvalue weighted by Crippen LogP contribution is 2.17. The zero-order valence-electron chi connectivity index (χ0n) is 12.2. The lowest BCUT2D eigenvalue weighted by Gasteiger charge is -2.36. The number of halogens is 1. The van der Waals surface area contributed by atoms with Crippen LogP contribution in [0, 0.1) is 5.95 Å². The van der Waals surface area contributed by atoms with E-state index < -0.39 is 5.95 Å². The first-order chi connectivity index (χ1) is 9.61. The molecule has 2 heterocycles. The van der Waals surface area contributed by atoms with Gasteiger partial charge in [0, 0.05) is 32.4 Å². The third-order valence-electron chi connectivity index (χ3n) is 3.94. The van der Waals surface area contributed by atoms with Crippen LogP contribution in [-0.2, 0) is 0 Å². The molecule has 0 N–H and O–H groups in total. The monoisotopic (exact) mass is 279 g/mol. The lowest BCUT2D eigenvalue weighted by molar-refractivity contribution is 0.0642. The van der Waals surface area contributed by atoms with E-state index in [1.807, 2.05) is 7.05 Å². The molecule has 0 bridgehead atoms. The van der Waals surface area contributed by atoms with Gasteiger partial charge in [-0.05, 0) is 37.9 Å². The Labute approximate surface area is 119 Å². The number of nitrogens with zero attached hydrogens (tertiary/aromatic N) is 3. The summed E-state index contributed by atoms with van der Waals surface area (Å²) in [7, 11) is 1.83. The first kappa shape index (κ1) is 14.9. The number of hydrogen-bond donors (Lipinski definition) is 0. The lowest BCUT2D eigenvalue weighted by Crippen LogP contribution is -2.45. The number of pyridine rings is 1. The van der Waals surface area contributed by atoms with E-state index in [1.165, 1.54) is 24.8 Å². The Bertz CT molecular complexity index is 441. The Hall–Kier alpha value is -1.49. The van der Waals surface area contributed by atoms with Crippen molar-refractivity contribution in [3.63, 3.8) is 0 Å². The predicted octanol–water partition coefficient (Wildman–Crippen LogP) is 2.17. The van der Waals surface area contributed by atoms with Crippen molar-refractivity contribution in [2.24, 2.45) is 0 Å². The molecule has 1 aromatic heterocycles. The number of likely N-dealkylation sites (tertiary alicyclic amines) is 1. The van der Waals surface area contributed by atoms with Gasteiger partial charge in [0.1, 0.15) is 0 Å². The maximum absolute atomic E-state index is 12.8. The summed E-state index contributed by atoms with van der Waals surface area (Å²) in [6, 6.07) is 2.99. The molecule has 0 aliphatic carbocycles. The molecule has 4 nitrogen and oxygen atoms in total. The summed E-state index contributed by atoms with van der Waals surface area (Å²) in [6.07, 6.45) is 4.47. The van der Waals surface area contributed by atoms with Crippen LogP contribution in [0.25, 0.3) is 0 Å². The molecule has 0 unspecified atom stereocenters. The zero-order valence-corrected chi connectivity index (χ0v) is 12.2. The van der Waals surface area contributed by atoms with E-state index in [0.29, 0.717) is 5.56 Å². The van der Waals surface area contributed by atoms with E-state index in [9.17, 15) is 9.18 Å². The molecule has 20 heavy (non-hydrogen) atoms. The van der Waals surface area contributed by atoms with E-state index in [-0.39, 0.29) is 11.9 Å². The van der Waals surface area contributed by atoms with Crippen molar-refractivity contribution >= 4 is 5.91 Å². The molecular formula is C15H22FN3O. The molecule has 1 aliphatic rings. The van der Waals surface area contributed by atoms with Gasteiger partial charge in [0.2, 0.25) is 5.95 Å². The number of aromatic nitrogens is 1. The Balaban J connectivity index is 1.93. The molecule has 5 heteroatoms. The second-order valence-corrected chi connectivity index (χ2v) is 5.36. The van der Waals surface area contributed by atoms with E-state index in [1.54, 1.807) is 4.90 Å². The molecule has 1 saturated heterocycles. The summed E-state index contributed by atoms with van der Waals surface area (Å²) in [6.45, 7) is 5.39. The SMILES string of the molecule is CCCN1CCC(N(C)C(=O)c2ccc(F)nc2)CC1. The molecule has 0 atom stereocenters. The molecular weight excluding hydrogens is 257 g/mol. The Morgan fingerprint density at radius 1 is 1.45 bits per heavy atom. The second-order valence-electron chi connectivity index (χ2n) is 5.36. The van der Waals surface area contributed by atoms with Crippen LogP contribution in [0.3, 0.4) is 0 Å². The average molecular weight is 279 g/mol. The highest BCUT2D eigenvalue weighted by atomic mass is 19.1. The van der Waals surface area contributed by atoms with E-state index >= 15 is 0 Å². The molecule has 0 aromatic carbocycles. The van der Waals surface area contributed by atoms with Crippen molar-refractivity contribution in [2.75, 3.05) is 26.7 Å². The van der Waals surface area contributed by atoms with Crippen LogP contribution < -0.4 is 0 Å². The predicted molar refractivity (Wildman–Crippen MR) is 76.0 cm³/mol. The fraction of sp³-hybridized carbons (Fsp3) is 0.600. The van der Waals surface area contributed by atoms with Gasteiger partial charge in [-0.2, -0.15) is 4.39 Å². The first-order valence-corrected chi connectivity index (χ1v) is 7.23. The van der Waals surface area contributed by atoms with Gasteiger partial charge in [-0.1, -0.05) is 6.92 Å². The molecule has 1 fully saturated rings. The number of hydrogen-bond acceptors (Lipinski definition) is 3. The molecule has 2 rings (SSSR count). The van der Waals surface area contributed by atoms with E-state index in [4.69, 9.17) is 0 Å². The Kier molecular flexibility index (Phi) is 5.06. The first-order valence-electron chi connectivity index (χ1n) is 7.23. The van der Waals surface area contributed by atoms with Gasteiger partial charge >= 0.3 is 0 Å². The number of rotatable bonds is 4. The fourth-order valence-corrected chi connectivity index (χ4v) is 2.72. The van der Waals surface area contributed by atoms with Gasteiger partial charge in [-0.15, -0.1) is 0 Å². The largest absolute Gasteiger partial charge is 0.339 e. The third kappa shape index (κ3) is 3.54. The van der Waals surface area contributed by atoms with Gasteiger partial charge in [-0.3, -0.25) is 4.79 Å². The maximum atomic E-state index is 12.8. The van der Waals surface area contributed by atoms with Gasteiger partial charge in [0.25, 0.3) is 5.91 Å². The number of carbonyl (C=O) groups is 1. The third-order valence-corrected chi connectivity index (χ3v) is 3.94. The minimum absolute atomic E-state index is 0.0774. The maximum Gasteiger partial charge on any atom is 0.255 e. The summed E-state index contributed by atoms with van der Waals surface area (Å²) in [5.74, 6) is -0.636. The highest BCUT2D eigenvalue weighted by Gasteiger charge is 2.25. The van der Waals surface area contributed by atoms with Crippen LogP contribution in [0.4, 0.5) is 4.39 Å². The molecule has 1 aliphatic heterocycles. The molecule has 0 radical (unpaired) electrons. The standard InChI is InChI=1S/C15H22FN3O/c1-3-8-19-9-6-13(7-10-19)18(2)15(20)12-4-5-14(16)17-11-12/h4-5,11,13H,3,6-10H2,1-2H3. The lowest BCUT2D eigenvalue weighted by atomic mass is 10.0. The zero-order chi connectivity index (χ0) is 14.5. The van der Waals surface area contributed by atoms with Gasteiger partial charge < -0.3 is 9.80 Å². The summed E-state index contributed by atoms with van der Waals surface area (Å²) >= 11 is 0. The van der Waals surface area contributed by atoms with Crippen LogP contribution in [0.2, 0.25) is 0 Å². The number of carbonyl (C=O) groups excluding carboxylic acids is 1. The molecule has 1 aromatic rings. The number of amides is 1. The van der Waals surface area contributed by atoms with E-state index in [2.05, 4.69) is 16.8 Å². The Morgan fingerprint density at radius 3 is 2.70 bits per heavy atom. The van der Waals surface area contributed by atoms with Crippen LogP contribution >= 0.6 is 0 Å². The van der Waals surface area contributed by atoms with E-state index in [0.717, 1.165) is 32.5 Å². The van der Waals surface area contributed by atoms with Gasteiger partial charge in [0.05, 0.1) is 5.56 Å². The number of piperidine rings is 1. The normalized spacial score (nSPS) is 17.1. The Morgan fingerprint density at radius 2 is 2.15 bits per heavy atom. The van der Waals surface area contributed by atoms with Gasteiger partial charge in [0.15, 0.2) is 0 Å². The molecule has 0 saturated carbocycles. The van der Waals surface area contributed by atoms with Crippen molar-refractivity contribution in [1.29, 1.82) is 0 Å². The molecule has 1 amide bonds. The fourth-order valence-electron chi connectivity index (χ4n) is 2.72. The van der Waals surface area contributed by atoms with Crippen LogP contribution in [0.1, 0.15) is 36.5 Å². The molecule has 0 spiro atoms. The summed E-state index contributed by atoms with van der Waals surface area (Å²) in [5.41, 5.74) is 0.449. The summed E-state index contributed by atoms with van der Waals surface area (Å²) in [4.78, 5) is 20.1. The van der Waals surface area contributed by atoms with Crippen molar-refractivity contribution < 1.29 is 9.18 Å². The summed E-state index contributed by atoms with van der Waals surface area (Å²) < 4.78 is 12.8. The second kappa shape index (κ2) is 6.79. The molecule has 110 valence electrons. The highest BCUT2D eigenvalue weighted by molar-refractivity contribution is 5.93. The minimum atomic E-state index is -0.558. The van der Waals surface area contributed by atoms with Crippen LogP contribution in [0.5, 0.6) is 0 Å². The minimum Gasteiger partial charge on any atom is -0.339 e. The van der Waals surface area contributed by atoms with Crippen molar-refractivity contribution in [2.45, 2.75) is 32.2 Å². The summed E-state index contributed by atoms with van der Waals surface area (Å²) in [5, 5.41) is 0.